The molecule has 4 nitrogen and oxygen atoms in total. The molecule has 1 saturated carbocycles. The van der Waals surface area contributed by atoms with E-state index in [1.807, 2.05) is 13.8 Å². The minimum Gasteiger partial charge on any atom is -0.351 e. The highest BCUT2D eigenvalue weighted by molar-refractivity contribution is 5.83. The number of carbonyl (C=O) groups excluding carboxylic acids is 1. The van der Waals surface area contributed by atoms with Gasteiger partial charge in [-0.1, -0.05) is 13.8 Å². The van der Waals surface area contributed by atoms with Crippen LogP contribution in [0.3, 0.4) is 0 Å². The molecular weight excluding hydrogens is 202 g/mol. The monoisotopic (exact) mass is 227 g/mol. The number of rotatable bonds is 7. The zero-order chi connectivity index (χ0) is 12.2. The average molecular weight is 227 g/mol. The highest BCUT2D eigenvalue weighted by atomic mass is 16.2. The van der Waals surface area contributed by atoms with E-state index in [2.05, 4.69) is 5.32 Å². The molecule has 0 saturated heterocycles. The van der Waals surface area contributed by atoms with Crippen molar-refractivity contribution in [1.29, 1.82) is 0 Å². The first kappa shape index (κ1) is 13.5. The number of hydrogen-bond acceptors (Lipinski definition) is 3. The molecule has 1 aliphatic carbocycles. The number of amides is 1. The van der Waals surface area contributed by atoms with Gasteiger partial charge < -0.3 is 16.8 Å². The third kappa shape index (κ3) is 2.74. The summed E-state index contributed by atoms with van der Waals surface area (Å²) in [6.07, 6.45) is 3.95. The fourth-order valence-electron chi connectivity index (χ4n) is 2.14. The van der Waals surface area contributed by atoms with Gasteiger partial charge in [-0.05, 0) is 31.6 Å². The van der Waals surface area contributed by atoms with Crippen LogP contribution in [0.25, 0.3) is 0 Å². The lowest BCUT2D eigenvalue weighted by molar-refractivity contribution is -0.131. The van der Waals surface area contributed by atoms with Gasteiger partial charge in [-0.15, -0.1) is 0 Å². The molecule has 0 radical (unpaired) electrons. The van der Waals surface area contributed by atoms with Gasteiger partial charge in [-0.2, -0.15) is 0 Å². The topological polar surface area (TPSA) is 81.1 Å². The Morgan fingerprint density at radius 3 is 2.25 bits per heavy atom. The fourth-order valence-corrected chi connectivity index (χ4v) is 2.14. The van der Waals surface area contributed by atoms with E-state index in [4.69, 9.17) is 11.5 Å². The Morgan fingerprint density at radius 2 is 1.94 bits per heavy atom. The van der Waals surface area contributed by atoms with Crippen LogP contribution in [-0.4, -0.2) is 25.0 Å². The second kappa shape index (κ2) is 5.64. The molecule has 1 rings (SSSR count). The van der Waals surface area contributed by atoms with E-state index in [9.17, 15) is 4.79 Å². The maximum atomic E-state index is 12.2. The molecule has 16 heavy (non-hydrogen) atoms. The largest absolute Gasteiger partial charge is 0.351 e. The molecule has 0 bridgehead atoms. The molecule has 0 aromatic heterocycles. The first-order valence-electron chi connectivity index (χ1n) is 6.34. The van der Waals surface area contributed by atoms with Crippen LogP contribution < -0.4 is 16.8 Å². The molecule has 5 N–H and O–H groups in total. The Morgan fingerprint density at radius 1 is 1.38 bits per heavy atom. The normalized spacial score (nSPS) is 18.2. The first-order chi connectivity index (χ1) is 7.63. The average Bonchev–Trinajstić information content (AvgIpc) is 3.13. The standard InChI is InChI=1S/C12H25N3O/c1-3-12(4-2,8-14)11(16)15-10(7-13)9-5-6-9/h9-10H,3-8,13-14H2,1-2H3,(H,15,16). The molecule has 1 amide bonds. The van der Waals surface area contributed by atoms with Crippen LogP contribution in [0, 0.1) is 11.3 Å². The summed E-state index contributed by atoms with van der Waals surface area (Å²) < 4.78 is 0. The van der Waals surface area contributed by atoms with Crippen molar-refractivity contribution in [3.63, 3.8) is 0 Å². The number of nitrogens with two attached hydrogens (primary N) is 2. The number of hydrogen-bond donors (Lipinski definition) is 3. The van der Waals surface area contributed by atoms with Crippen LogP contribution in [0.5, 0.6) is 0 Å². The summed E-state index contributed by atoms with van der Waals surface area (Å²) in [4.78, 5) is 12.2. The van der Waals surface area contributed by atoms with E-state index in [1.54, 1.807) is 0 Å². The lowest BCUT2D eigenvalue weighted by Crippen LogP contribution is -2.51. The van der Waals surface area contributed by atoms with E-state index in [0.717, 1.165) is 12.8 Å². The minimum absolute atomic E-state index is 0.0855. The van der Waals surface area contributed by atoms with Gasteiger partial charge in [-0.3, -0.25) is 4.79 Å². The van der Waals surface area contributed by atoms with E-state index in [1.165, 1.54) is 12.8 Å². The van der Waals surface area contributed by atoms with Crippen LogP contribution in [0.2, 0.25) is 0 Å². The zero-order valence-corrected chi connectivity index (χ0v) is 10.5. The van der Waals surface area contributed by atoms with Crippen molar-refractivity contribution in [2.24, 2.45) is 22.8 Å². The summed E-state index contributed by atoms with van der Waals surface area (Å²) in [7, 11) is 0. The Kier molecular flexibility index (Phi) is 4.74. The Hall–Kier alpha value is -0.610. The SMILES string of the molecule is CCC(CC)(CN)C(=O)NC(CN)C1CC1. The predicted molar refractivity (Wildman–Crippen MR) is 65.8 cm³/mol. The maximum Gasteiger partial charge on any atom is 0.227 e. The van der Waals surface area contributed by atoms with Crippen LogP contribution in [0.1, 0.15) is 39.5 Å². The molecule has 1 fully saturated rings. The first-order valence-corrected chi connectivity index (χ1v) is 6.34. The van der Waals surface area contributed by atoms with Crippen molar-refractivity contribution in [2.45, 2.75) is 45.6 Å². The molecular formula is C12H25N3O. The highest BCUT2D eigenvalue weighted by Gasteiger charge is 2.37. The van der Waals surface area contributed by atoms with Crippen LogP contribution in [-0.2, 0) is 4.79 Å². The molecule has 0 heterocycles. The lowest BCUT2D eigenvalue weighted by atomic mass is 9.81. The lowest BCUT2D eigenvalue weighted by Gasteiger charge is -2.31. The van der Waals surface area contributed by atoms with Crippen LogP contribution >= 0.6 is 0 Å². The third-order valence-corrected chi connectivity index (χ3v) is 3.99. The summed E-state index contributed by atoms with van der Waals surface area (Å²) in [5, 5.41) is 3.08. The molecule has 0 spiro atoms. The predicted octanol–water partition coefficient (Wildman–Crippen LogP) is 0.605. The van der Waals surface area contributed by atoms with Gasteiger partial charge in [-0.25, -0.2) is 0 Å². The van der Waals surface area contributed by atoms with E-state index >= 15 is 0 Å². The van der Waals surface area contributed by atoms with Gasteiger partial charge in [0.25, 0.3) is 0 Å². The Balaban J connectivity index is 2.60. The molecule has 0 aromatic rings. The third-order valence-electron chi connectivity index (χ3n) is 3.99. The molecule has 0 aromatic carbocycles. The fraction of sp³-hybridized carbons (Fsp3) is 0.917. The van der Waals surface area contributed by atoms with Crippen molar-refractivity contribution < 1.29 is 4.79 Å². The maximum absolute atomic E-state index is 12.2. The molecule has 0 aliphatic heterocycles. The summed E-state index contributed by atoms with van der Waals surface area (Å²) in [5.74, 6) is 0.681. The summed E-state index contributed by atoms with van der Waals surface area (Å²) in [5.41, 5.74) is 11.0. The van der Waals surface area contributed by atoms with E-state index in [0.29, 0.717) is 19.0 Å². The smallest absolute Gasteiger partial charge is 0.227 e. The minimum atomic E-state index is -0.400. The van der Waals surface area contributed by atoms with Gasteiger partial charge in [0.1, 0.15) is 0 Å². The van der Waals surface area contributed by atoms with Gasteiger partial charge >= 0.3 is 0 Å². The molecule has 94 valence electrons. The molecule has 1 aliphatic rings. The van der Waals surface area contributed by atoms with Gasteiger partial charge in [0.15, 0.2) is 0 Å². The second-order valence-corrected chi connectivity index (χ2v) is 4.84. The van der Waals surface area contributed by atoms with Crippen molar-refractivity contribution in [1.82, 2.24) is 5.32 Å². The van der Waals surface area contributed by atoms with Crippen LogP contribution in [0.15, 0.2) is 0 Å². The number of nitrogens with one attached hydrogen (secondary N) is 1. The van der Waals surface area contributed by atoms with E-state index in [-0.39, 0.29) is 11.9 Å². The van der Waals surface area contributed by atoms with Crippen molar-refractivity contribution >= 4 is 5.91 Å². The quantitative estimate of drug-likeness (QED) is 0.596. The van der Waals surface area contributed by atoms with Gasteiger partial charge in [0, 0.05) is 19.1 Å². The summed E-state index contributed by atoms with van der Waals surface area (Å²) in [6.45, 7) is 4.98. The molecule has 4 heteroatoms. The zero-order valence-electron chi connectivity index (χ0n) is 10.5. The molecule has 1 unspecified atom stereocenters. The molecule has 1 atom stereocenters. The Bertz CT molecular complexity index is 226. The van der Waals surface area contributed by atoms with Crippen LogP contribution in [0.4, 0.5) is 0 Å². The second-order valence-electron chi connectivity index (χ2n) is 4.84. The van der Waals surface area contributed by atoms with Gasteiger partial charge in [0.2, 0.25) is 5.91 Å². The highest BCUT2D eigenvalue weighted by Crippen LogP contribution is 2.33. The van der Waals surface area contributed by atoms with Crippen molar-refractivity contribution in [3.05, 3.63) is 0 Å². The van der Waals surface area contributed by atoms with Gasteiger partial charge in [0.05, 0.1) is 5.41 Å². The van der Waals surface area contributed by atoms with Crippen molar-refractivity contribution in [2.75, 3.05) is 13.1 Å². The number of carbonyl (C=O) groups is 1. The summed E-state index contributed by atoms with van der Waals surface area (Å²) >= 11 is 0. The van der Waals surface area contributed by atoms with Crippen molar-refractivity contribution in [3.8, 4) is 0 Å². The summed E-state index contributed by atoms with van der Waals surface area (Å²) in [6, 6.07) is 0.150. The van der Waals surface area contributed by atoms with E-state index < -0.39 is 5.41 Å². The Labute approximate surface area is 98.1 Å².